The number of ether oxygens (including phenoxy) is 2. The summed E-state index contributed by atoms with van der Waals surface area (Å²) in [5, 5.41) is 4.03. The van der Waals surface area contributed by atoms with E-state index in [4.69, 9.17) is 9.47 Å². The zero-order valence-electron chi connectivity index (χ0n) is 23.6. The Morgan fingerprint density at radius 2 is 0.955 bits per heavy atom. The van der Waals surface area contributed by atoms with E-state index in [-0.39, 0.29) is 0 Å². The highest BCUT2D eigenvalue weighted by molar-refractivity contribution is 7.86. The first-order valence-corrected chi connectivity index (χ1v) is 16.4. The molecule has 2 aliphatic heterocycles. The van der Waals surface area contributed by atoms with Crippen LogP contribution in [-0.4, -0.2) is 0 Å². The van der Waals surface area contributed by atoms with Crippen molar-refractivity contribution in [2.45, 2.75) is 0 Å². The third-order valence-electron chi connectivity index (χ3n) is 8.68. The van der Waals surface area contributed by atoms with Gasteiger partial charge in [0.05, 0.1) is 10.6 Å². The van der Waals surface area contributed by atoms with Gasteiger partial charge in [0.15, 0.2) is 7.14 Å². The summed E-state index contributed by atoms with van der Waals surface area (Å²) < 4.78 is 29.3. The van der Waals surface area contributed by atoms with Gasteiger partial charge in [-0.3, -0.25) is 0 Å². The molecule has 0 saturated carbocycles. The molecule has 1 unspecified atom stereocenters. The Labute approximate surface area is 255 Å². The van der Waals surface area contributed by atoms with Gasteiger partial charge in [0.2, 0.25) is 0 Å². The molecule has 3 nitrogen and oxygen atoms in total. The van der Waals surface area contributed by atoms with Crippen LogP contribution >= 0.6 is 7.14 Å². The highest BCUT2D eigenvalue weighted by Gasteiger charge is 2.47. The maximum atomic E-state index is 15.9. The van der Waals surface area contributed by atoms with Crippen molar-refractivity contribution in [3.63, 3.8) is 0 Å². The van der Waals surface area contributed by atoms with Gasteiger partial charge < -0.3 is 14.0 Å². The summed E-state index contributed by atoms with van der Waals surface area (Å²) in [6.45, 7) is 0. The van der Waals surface area contributed by atoms with Crippen LogP contribution in [0.4, 0.5) is 0 Å². The second kappa shape index (κ2) is 9.57. The maximum absolute atomic E-state index is 15.9. The van der Waals surface area contributed by atoms with Crippen LogP contribution < -0.4 is 25.4 Å². The number of rotatable bonds is 3. The third kappa shape index (κ3) is 3.73. The number of benzene rings is 7. The maximum Gasteiger partial charge on any atom is 0.186 e. The molecular weight excluding hydrogens is 559 g/mol. The minimum Gasteiger partial charge on any atom is -0.456 e. The lowest BCUT2D eigenvalue weighted by Gasteiger charge is -2.35. The van der Waals surface area contributed by atoms with Crippen molar-refractivity contribution in [1.82, 2.24) is 0 Å². The van der Waals surface area contributed by atoms with Crippen molar-refractivity contribution in [3.8, 4) is 56.4 Å². The molecule has 208 valence electrons. The second-order valence-corrected chi connectivity index (χ2v) is 13.9. The van der Waals surface area contributed by atoms with Crippen molar-refractivity contribution in [3.05, 3.63) is 152 Å². The van der Waals surface area contributed by atoms with Crippen molar-refractivity contribution in [2.24, 2.45) is 0 Å². The van der Waals surface area contributed by atoms with Crippen LogP contribution in [0.2, 0.25) is 0 Å². The largest absolute Gasteiger partial charge is 0.456 e. The molecule has 2 heterocycles. The molecule has 4 heteroatoms. The van der Waals surface area contributed by atoms with Gasteiger partial charge in [-0.2, -0.15) is 0 Å². The molecule has 0 bridgehead atoms. The van der Waals surface area contributed by atoms with Crippen molar-refractivity contribution >= 4 is 33.8 Å². The molecule has 1 atom stereocenters. The molecule has 0 N–H and O–H groups in total. The second-order valence-electron chi connectivity index (χ2n) is 11.3. The highest BCUT2D eigenvalue weighted by atomic mass is 31.2. The Morgan fingerprint density at radius 1 is 0.386 bits per heavy atom. The first-order valence-electron chi connectivity index (χ1n) is 14.7. The fraction of sp³-hybridized carbons (Fsp3) is 0. The van der Waals surface area contributed by atoms with Crippen LogP contribution in [-0.2, 0) is 4.57 Å². The lowest BCUT2D eigenvalue weighted by Crippen LogP contribution is -2.35. The Kier molecular flexibility index (Phi) is 5.47. The van der Waals surface area contributed by atoms with Gasteiger partial charge in [0, 0.05) is 0 Å². The number of hydrogen-bond donors (Lipinski definition) is 0. The molecule has 0 saturated heterocycles. The van der Waals surface area contributed by atoms with Crippen molar-refractivity contribution in [1.29, 1.82) is 0 Å². The van der Waals surface area contributed by atoms with Gasteiger partial charge in [-0.15, -0.1) is 0 Å². The van der Waals surface area contributed by atoms with Gasteiger partial charge in [-0.1, -0.05) is 115 Å². The van der Waals surface area contributed by atoms with Crippen LogP contribution in [0.25, 0.3) is 44.2 Å². The molecule has 7 aromatic rings. The number of fused-ring (bicyclic) bond motifs is 6. The Bertz CT molecular complexity index is 2310. The lowest BCUT2D eigenvalue weighted by molar-refractivity contribution is 0.462. The Morgan fingerprint density at radius 3 is 1.68 bits per heavy atom. The minimum absolute atomic E-state index is 0.572. The molecule has 2 aliphatic rings. The fourth-order valence-electron chi connectivity index (χ4n) is 6.62. The SMILES string of the molecule is O=P12c3ccc(-c4ccccc4)cc3Oc3cc(-c4cccc(-c5ccccc5)c4)cc(c31)Oc1ccc3ccccc3c12. The summed E-state index contributed by atoms with van der Waals surface area (Å²) in [5.74, 6) is 2.39. The van der Waals surface area contributed by atoms with E-state index in [1.807, 2.05) is 97.1 Å². The molecule has 0 aliphatic carbocycles. The van der Waals surface area contributed by atoms with Gasteiger partial charge in [0.25, 0.3) is 0 Å². The van der Waals surface area contributed by atoms with E-state index >= 15 is 4.57 Å². The quantitative estimate of drug-likeness (QED) is 0.194. The standard InChI is InChI=1S/C40H25O3P/c41-44-38-21-19-31(27-12-5-2-6-13-27)23-35(38)43-37-25-32(30-16-9-15-29(22-30)26-10-3-1-4-11-26)24-36(40(37)44)42-34-20-18-28-14-7-8-17-33(28)39(34)44/h1-25H. The fourth-order valence-corrected chi connectivity index (χ4v) is 9.85. The lowest BCUT2D eigenvalue weighted by atomic mass is 9.98. The average Bonchev–Trinajstić information content (AvgIpc) is 3.08. The molecule has 0 aromatic heterocycles. The van der Waals surface area contributed by atoms with Crippen LogP contribution in [0, 0.1) is 0 Å². The van der Waals surface area contributed by atoms with E-state index in [0.29, 0.717) is 33.6 Å². The summed E-state index contributed by atoms with van der Waals surface area (Å²) >= 11 is 0. The van der Waals surface area contributed by atoms with Gasteiger partial charge in [-0.25, -0.2) is 0 Å². The summed E-state index contributed by atoms with van der Waals surface area (Å²) in [4.78, 5) is 0. The van der Waals surface area contributed by atoms with E-state index in [9.17, 15) is 0 Å². The van der Waals surface area contributed by atoms with Crippen molar-refractivity contribution < 1.29 is 14.0 Å². The van der Waals surface area contributed by atoms with E-state index in [1.54, 1.807) is 0 Å². The molecule has 0 spiro atoms. The smallest absolute Gasteiger partial charge is 0.186 e. The molecule has 0 radical (unpaired) electrons. The summed E-state index contributed by atoms with van der Waals surface area (Å²) in [7, 11) is -3.39. The highest BCUT2D eigenvalue weighted by Crippen LogP contribution is 2.60. The van der Waals surface area contributed by atoms with E-state index in [2.05, 4.69) is 54.6 Å². The summed E-state index contributed by atoms with van der Waals surface area (Å²) in [6.07, 6.45) is 0. The predicted molar refractivity (Wildman–Crippen MR) is 180 cm³/mol. The normalized spacial score (nSPS) is 15.8. The van der Waals surface area contributed by atoms with Crippen LogP contribution in [0.15, 0.2) is 152 Å². The van der Waals surface area contributed by atoms with Crippen molar-refractivity contribution in [2.75, 3.05) is 0 Å². The van der Waals surface area contributed by atoms with Crippen LogP contribution in [0.5, 0.6) is 23.0 Å². The first-order chi connectivity index (χ1) is 21.7. The van der Waals surface area contributed by atoms with Crippen LogP contribution in [0.3, 0.4) is 0 Å². The van der Waals surface area contributed by atoms with Gasteiger partial charge in [-0.05, 0) is 80.6 Å². The molecule has 7 aromatic carbocycles. The molecule has 0 fully saturated rings. The summed E-state index contributed by atoms with van der Waals surface area (Å²) in [5.41, 5.74) is 6.33. The zero-order chi connectivity index (χ0) is 29.3. The van der Waals surface area contributed by atoms with Gasteiger partial charge in [0.1, 0.15) is 28.3 Å². The minimum atomic E-state index is -3.39. The molecule has 9 rings (SSSR count). The Hall–Kier alpha value is -5.37. The monoisotopic (exact) mass is 584 g/mol. The third-order valence-corrected chi connectivity index (χ3v) is 11.9. The summed E-state index contributed by atoms with van der Waals surface area (Å²) in [6, 6.07) is 51.2. The van der Waals surface area contributed by atoms with E-state index in [0.717, 1.165) is 49.5 Å². The number of hydrogen-bond acceptors (Lipinski definition) is 3. The average molecular weight is 585 g/mol. The molecule has 44 heavy (non-hydrogen) atoms. The molecule has 0 amide bonds. The first kappa shape index (κ1) is 25.2. The molecular formula is C40H25O3P. The zero-order valence-corrected chi connectivity index (χ0v) is 24.5. The Balaban J connectivity index is 1.29. The van der Waals surface area contributed by atoms with E-state index < -0.39 is 7.14 Å². The topological polar surface area (TPSA) is 35.5 Å². The predicted octanol–water partition coefficient (Wildman–Crippen LogP) is 9.69. The van der Waals surface area contributed by atoms with E-state index in [1.165, 1.54) is 0 Å². The van der Waals surface area contributed by atoms with Gasteiger partial charge >= 0.3 is 0 Å². The van der Waals surface area contributed by atoms with Crippen LogP contribution in [0.1, 0.15) is 0 Å².